The maximum absolute atomic E-state index is 12.8. The third-order valence-electron chi connectivity index (χ3n) is 3.47. The molecular formula is C17H15NO4S. The quantitative estimate of drug-likeness (QED) is 0.529. The van der Waals surface area contributed by atoms with Crippen LogP contribution in [-0.2, 0) is 4.79 Å². The second-order valence-electron chi connectivity index (χ2n) is 5.33. The summed E-state index contributed by atoms with van der Waals surface area (Å²) in [5, 5.41) is 1.36. The Morgan fingerprint density at radius 2 is 2.00 bits per heavy atom. The Balaban J connectivity index is 2.22. The minimum atomic E-state index is -0.415. The molecule has 1 aromatic carbocycles. The van der Waals surface area contributed by atoms with Gasteiger partial charge >= 0.3 is 5.97 Å². The highest BCUT2D eigenvalue weighted by Gasteiger charge is 2.16. The predicted molar refractivity (Wildman–Crippen MR) is 89.1 cm³/mol. The lowest BCUT2D eigenvalue weighted by atomic mass is 10.1. The molecule has 0 saturated heterocycles. The van der Waals surface area contributed by atoms with E-state index in [-0.39, 0.29) is 5.43 Å². The van der Waals surface area contributed by atoms with Crippen LogP contribution in [0.1, 0.15) is 23.2 Å². The molecule has 3 aromatic rings. The van der Waals surface area contributed by atoms with Crippen LogP contribution in [0, 0.1) is 20.8 Å². The van der Waals surface area contributed by atoms with Gasteiger partial charge < -0.3 is 9.15 Å². The molecule has 3 rings (SSSR count). The van der Waals surface area contributed by atoms with Gasteiger partial charge in [0.1, 0.15) is 17.6 Å². The van der Waals surface area contributed by atoms with Crippen LogP contribution in [0.2, 0.25) is 0 Å². The standard InChI is InChI=1S/C17H15NO4S/c1-8-5-12-15(6-14(8)22-11(4)19)21-7-13(16(12)20)17-9(2)18-10(3)23-17/h5-7H,1-4H3. The molecule has 2 heterocycles. The van der Waals surface area contributed by atoms with Gasteiger partial charge in [0, 0.05) is 13.0 Å². The fraction of sp³-hybridized carbons (Fsp3) is 0.235. The predicted octanol–water partition coefficient (Wildman–Crippen LogP) is 3.77. The van der Waals surface area contributed by atoms with Gasteiger partial charge in [0.2, 0.25) is 5.43 Å². The summed E-state index contributed by atoms with van der Waals surface area (Å²) in [4.78, 5) is 29.1. The van der Waals surface area contributed by atoms with Crippen LogP contribution < -0.4 is 10.2 Å². The number of hydrogen-bond donors (Lipinski definition) is 0. The molecule has 0 N–H and O–H groups in total. The first-order valence-corrected chi connectivity index (χ1v) is 7.87. The summed E-state index contributed by atoms with van der Waals surface area (Å²) in [5.41, 5.74) is 2.29. The van der Waals surface area contributed by atoms with Crippen molar-refractivity contribution in [2.24, 2.45) is 0 Å². The zero-order valence-corrected chi connectivity index (χ0v) is 14.0. The van der Waals surface area contributed by atoms with Crippen molar-refractivity contribution in [2.75, 3.05) is 0 Å². The molecule has 0 amide bonds. The molecule has 0 aliphatic carbocycles. The number of aryl methyl sites for hydroxylation is 3. The molecule has 6 heteroatoms. The molecule has 0 spiro atoms. The first-order chi connectivity index (χ1) is 10.9. The fourth-order valence-corrected chi connectivity index (χ4v) is 3.39. The van der Waals surface area contributed by atoms with Gasteiger partial charge in [-0.3, -0.25) is 9.59 Å². The first-order valence-electron chi connectivity index (χ1n) is 7.06. The smallest absolute Gasteiger partial charge is 0.308 e. The molecule has 0 atom stereocenters. The Hall–Kier alpha value is -2.47. The van der Waals surface area contributed by atoms with E-state index in [1.54, 1.807) is 19.1 Å². The van der Waals surface area contributed by atoms with E-state index in [1.807, 2.05) is 13.8 Å². The number of carbonyl (C=O) groups is 1. The van der Waals surface area contributed by atoms with Gasteiger partial charge in [-0.05, 0) is 32.4 Å². The van der Waals surface area contributed by atoms with E-state index in [9.17, 15) is 9.59 Å². The average Bonchev–Trinajstić information content (AvgIpc) is 2.79. The summed E-state index contributed by atoms with van der Waals surface area (Å²) in [7, 11) is 0. The third-order valence-corrected chi connectivity index (χ3v) is 4.58. The van der Waals surface area contributed by atoms with E-state index >= 15 is 0 Å². The van der Waals surface area contributed by atoms with Crippen molar-refractivity contribution in [3.8, 4) is 16.2 Å². The minimum Gasteiger partial charge on any atom is -0.463 e. The average molecular weight is 329 g/mol. The molecule has 0 radical (unpaired) electrons. The molecule has 0 aliphatic rings. The lowest BCUT2D eigenvalue weighted by Gasteiger charge is -2.07. The normalized spacial score (nSPS) is 11.0. The monoisotopic (exact) mass is 329 g/mol. The van der Waals surface area contributed by atoms with Crippen molar-refractivity contribution >= 4 is 28.3 Å². The number of ether oxygens (including phenoxy) is 1. The maximum Gasteiger partial charge on any atom is 0.308 e. The Morgan fingerprint density at radius 3 is 2.61 bits per heavy atom. The number of thiazole rings is 1. The molecule has 0 bridgehead atoms. The van der Waals surface area contributed by atoms with Gasteiger partial charge in [0.25, 0.3) is 0 Å². The van der Waals surface area contributed by atoms with E-state index in [4.69, 9.17) is 9.15 Å². The third kappa shape index (κ3) is 2.77. The Morgan fingerprint density at radius 1 is 1.26 bits per heavy atom. The van der Waals surface area contributed by atoms with Gasteiger partial charge in [-0.15, -0.1) is 11.3 Å². The zero-order valence-electron chi connectivity index (χ0n) is 13.2. The number of benzene rings is 1. The number of esters is 1. The van der Waals surface area contributed by atoms with Crippen LogP contribution in [0.5, 0.6) is 5.75 Å². The van der Waals surface area contributed by atoms with Crippen molar-refractivity contribution in [2.45, 2.75) is 27.7 Å². The fourth-order valence-electron chi connectivity index (χ4n) is 2.47. The van der Waals surface area contributed by atoms with E-state index in [0.29, 0.717) is 27.8 Å². The summed E-state index contributed by atoms with van der Waals surface area (Å²) < 4.78 is 10.7. The zero-order chi connectivity index (χ0) is 16.7. The molecule has 0 fully saturated rings. The second-order valence-corrected chi connectivity index (χ2v) is 6.54. The van der Waals surface area contributed by atoms with E-state index in [1.165, 1.54) is 24.5 Å². The molecule has 118 valence electrons. The van der Waals surface area contributed by atoms with Crippen molar-refractivity contribution < 1.29 is 13.9 Å². The number of fused-ring (bicyclic) bond motifs is 1. The van der Waals surface area contributed by atoms with Crippen LogP contribution in [0.3, 0.4) is 0 Å². The van der Waals surface area contributed by atoms with E-state index in [2.05, 4.69) is 4.98 Å². The highest BCUT2D eigenvalue weighted by atomic mass is 32.1. The summed E-state index contributed by atoms with van der Waals surface area (Å²) in [6.45, 7) is 6.89. The highest BCUT2D eigenvalue weighted by Crippen LogP contribution is 2.30. The summed E-state index contributed by atoms with van der Waals surface area (Å²) >= 11 is 1.47. The van der Waals surface area contributed by atoms with Crippen LogP contribution in [0.4, 0.5) is 0 Å². The molecule has 0 unspecified atom stereocenters. The van der Waals surface area contributed by atoms with Crippen molar-refractivity contribution in [3.63, 3.8) is 0 Å². The van der Waals surface area contributed by atoms with Crippen LogP contribution in [0.25, 0.3) is 21.4 Å². The number of aromatic nitrogens is 1. The first kappa shape index (κ1) is 15.4. The van der Waals surface area contributed by atoms with Crippen LogP contribution in [0.15, 0.2) is 27.6 Å². The van der Waals surface area contributed by atoms with Gasteiger partial charge in [0.05, 0.1) is 26.5 Å². The Bertz CT molecular complexity index is 984. The molecule has 23 heavy (non-hydrogen) atoms. The number of rotatable bonds is 2. The van der Waals surface area contributed by atoms with Gasteiger partial charge in [-0.25, -0.2) is 4.98 Å². The molecule has 0 aliphatic heterocycles. The van der Waals surface area contributed by atoms with Crippen LogP contribution >= 0.6 is 11.3 Å². The SMILES string of the molecule is CC(=O)Oc1cc2occ(-c3sc(C)nc3C)c(=O)c2cc1C. The minimum absolute atomic E-state index is 0.115. The summed E-state index contributed by atoms with van der Waals surface area (Å²) in [6.07, 6.45) is 1.44. The highest BCUT2D eigenvalue weighted by molar-refractivity contribution is 7.15. The lowest BCUT2D eigenvalue weighted by Crippen LogP contribution is -2.07. The number of carbonyl (C=O) groups excluding carboxylic acids is 1. The topological polar surface area (TPSA) is 69.4 Å². The molecule has 5 nitrogen and oxygen atoms in total. The van der Waals surface area contributed by atoms with E-state index < -0.39 is 5.97 Å². The Kier molecular flexibility index (Phi) is 3.77. The van der Waals surface area contributed by atoms with Crippen molar-refractivity contribution in [3.05, 3.63) is 44.9 Å². The van der Waals surface area contributed by atoms with Crippen molar-refractivity contribution in [1.82, 2.24) is 4.98 Å². The van der Waals surface area contributed by atoms with Crippen LogP contribution in [-0.4, -0.2) is 11.0 Å². The number of nitrogens with zero attached hydrogens (tertiary/aromatic N) is 1. The molecule has 0 saturated carbocycles. The molecular weight excluding hydrogens is 314 g/mol. The lowest BCUT2D eigenvalue weighted by molar-refractivity contribution is -0.131. The van der Waals surface area contributed by atoms with E-state index in [0.717, 1.165) is 15.6 Å². The second kappa shape index (κ2) is 5.62. The molecule has 2 aromatic heterocycles. The van der Waals surface area contributed by atoms with Gasteiger partial charge in [-0.2, -0.15) is 0 Å². The Labute approximate surface area is 136 Å². The van der Waals surface area contributed by atoms with Gasteiger partial charge in [-0.1, -0.05) is 0 Å². The number of hydrogen-bond acceptors (Lipinski definition) is 6. The van der Waals surface area contributed by atoms with Crippen molar-refractivity contribution in [1.29, 1.82) is 0 Å². The largest absolute Gasteiger partial charge is 0.463 e. The summed E-state index contributed by atoms with van der Waals surface area (Å²) in [6, 6.07) is 3.26. The van der Waals surface area contributed by atoms with Gasteiger partial charge in [0.15, 0.2) is 0 Å². The summed E-state index contributed by atoms with van der Waals surface area (Å²) in [5.74, 6) is -0.0205. The maximum atomic E-state index is 12.8.